The Bertz CT molecular complexity index is 457. The van der Waals surface area contributed by atoms with Gasteiger partial charge in [-0.15, -0.1) is 11.8 Å². The van der Waals surface area contributed by atoms with Crippen molar-refractivity contribution < 1.29 is 4.74 Å². The lowest BCUT2D eigenvalue weighted by molar-refractivity contribution is 0.123. The van der Waals surface area contributed by atoms with E-state index in [9.17, 15) is 0 Å². The molecule has 22 heavy (non-hydrogen) atoms. The molecule has 1 fully saturated rings. The maximum Gasteiger partial charge on any atom is 0.191 e. The minimum atomic E-state index is 0.784. The summed E-state index contributed by atoms with van der Waals surface area (Å²) in [6.07, 6.45) is 5.81. The van der Waals surface area contributed by atoms with Crippen LogP contribution in [0.2, 0.25) is 0 Å². The van der Waals surface area contributed by atoms with Gasteiger partial charge < -0.3 is 15.4 Å². The van der Waals surface area contributed by atoms with Crippen LogP contribution < -0.4 is 10.6 Å². The van der Waals surface area contributed by atoms with E-state index in [0.29, 0.717) is 0 Å². The third-order valence-corrected chi connectivity index (χ3v) is 4.39. The van der Waals surface area contributed by atoms with E-state index in [4.69, 9.17) is 4.74 Å². The van der Waals surface area contributed by atoms with E-state index in [0.717, 1.165) is 44.6 Å². The number of hydrogen-bond donors (Lipinski definition) is 2. The second-order valence-corrected chi connectivity index (χ2v) is 6.45. The smallest absolute Gasteiger partial charge is 0.191 e. The van der Waals surface area contributed by atoms with Gasteiger partial charge in [0.15, 0.2) is 5.96 Å². The first-order valence-corrected chi connectivity index (χ1v) is 9.19. The molecule has 1 aliphatic rings. The van der Waals surface area contributed by atoms with Crippen LogP contribution in [0.4, 0.5) is 0 Å². The summed E-state index contributed by atoms with van der Waals surface area (Å²) >= 11 is 1.76. The fourth-order valence-corrected chi connectivity index (χ4v) is 2.47. The Morgan fingerprint density at radius 3 is 2.68 bits per heavy atom. The molecule has 0 saturated heterocycles. The zero-order valence-electron chi connectivity index (χ0n) is 13.6. The molecule has 2 rings (SSSR count). The molecular weight excluding hydrogens is 294 g/mol. The SMILES string of the molecule is CN=C(NCCCOCC1CC1)NCc1ccc(SC)cc1. The first kappa shape index (κ1) is 17.2. The van der Waals surface area contributed by atoms with Crippen molar-refractivity contribution in [1.82, 2.24) is 10.6 Å². The van der Waals surface area contributed by atoms with Gasteiger partial charge in [0, 0.05) is 38.2 Å². The molecule has 0 aliphatic heterocycles. The highest BCUT2D eigenvalue weighted by molar-refractivity contribution is 7.98. The molecule has 2 N–H and O–H groups in total. The molecule has 0 radical (unpaired) electrons. The van der Waals surface area contributed by atoms with Crippen LogP contribution in [0.1, 0.15) is 24.8 Å². The van der Waals surface area contributed by atoms with E-state index < -0.39 is 0 Å². The molecule has 0 aromatic heterocycles. The first-order valence-electron chi connectivity index (χ1n) is 7.97. The maximum atomic E-state index is 5.62. The third-order valence-electron chi connectivity index (χ3n) is 3.65. The predicted molar refractivity (Wildman–Crippen MR) is 94.6 cm³/mol. The summed E-state index contributed by atoms with van der Waals surface area (Å²) in [5, 5.41) is 6.65. The monoisotopic (exact) mass is 321 g/mol. The summed E-state index contributed by atoms with van der Waals surface area (Å²) < 4.78 is 5.62. The summed E-state index contributed by atoms with van der Waals surface area (Å²) in [5.41, 5.74) is 1.26. The number of benzene rings is 1. The molecule has 1 aromatic carbocycles. The van der Waals surface area contributed by atoms with E-state index in [1.54, 1.807) is 18.8 Å². The molecular formula is C17H27N3OS. The molecule has 122 valence electrons. The second kappa shape index (κ2) is 9.74. The summed E-state index contributed by atoms with van der Waals surface area (Å²) in [7, 11) is 1.80. The molecule has 5 heteroatoms. The number of hydrogen-bond acceptors (Lipinski definition) is 3. The molecule has 4 nitrogen and oxygen atoms in total. The highest BCUT2D eigenvalue weighted by Gasteiger charge is 2.20. The van der Waals surface area contributed by atoms with E-state index in [-0.39, 0.29) is 0 Å². The quantitative estimate of drug-likeness (QED) is 0.318. The fourth-order valence-electron chi connectivity index (χ4n) is 2.07. The molecule has 0 amide bonds. The van der Waals surface area contributed by atoms with Gasteiger partial charge in [-0.05, 0) is 49.1 Å². The molecule has 0 unspecified atom stereocenters. The Morgan fingerprint density at radius 2 is 2.05 bits per heavy atom. The molecule has 0 spiro atoms. The fraction of sp³-hybridized carbons (Fsp3) is 0.588. The zero-order chi connectivity index (χ0) is 15.6. The van der Waals surface area contributed by atoms with Crippen LogP contribution in [-0.2, 0) is 11.3 Å². The summed E-state index contributed by atoms with van der Waals surface area (Å²) in [6, 6.07) is 8.60. The van der Waals surface area contributed by atoms with E-state index >= 15 is 0 Å². The maximum absolute atomic E-state index is 5.62. The number of nitrogens with zero attached hydrogens (tertiary/aromatic N) is 1. The van der Waals surface area contributed by atoms with Gasteiger partial charge in [-0.25, -0.2) is 0 Å². The van der Waals surface area contributed by atoms with E-state index in [1.807, 2.05) is 0 Å². The minimum Gasteiger partial charge on any atom is -0.381 e. The third kappa shape index (κ3) is 6.71. The van der Waals surface area contributed by atoms with Crippen LogP contribution in [0.15, 0.2) is 34.2 Å². The number of aliphatic imine (C=N–C) groups is 1. The van der Waals surface area contributed by atoms with Crippen LogP contribution in [-0.4, -0.2) is 39.0 Å². The standard InChI is InChI=1S/C17H27N3OS/c1-18-17(19-10-3-11-21-13-15-4-5-15)20-12-14-6-8-16(22-2)9-7-14/h6-9,15H,3-5,10-13H2,1-2H3,(H2,18,19,20). The number of rotatable bonds is 9. The molecule has 0 heterocycles. The van der Waals surface area contributed by atoms with Crippen molar-refractivity contribution in [3.8, 4) is 0 Å². The second-order valence-electron chi connectivity index (χ2n) is 5.57. The van der Waals surface area contributed by atoms with Crippen molar-refractivity contribution in [3.05, 3.63) is 29.8 Å². The minimum absolute atomic E-state index is 0.784. The van der Waals surface area contributed by atoms with Crippen molar-refractivity contribution in [3.63, 3.8) is 0 Å². The van der Waals surface area contributed by atoms with E-state index in [1.165, 1.54) is 23.3 Å². The van der Waals surface area contributed by atoms with Crippen LogP contribution in [0.25, 0.3) is 0 Å². The average Bonchev–Trinajstić information content (AvgIpc) is 3.38. The normalized spacial score (nSPS) is 14.9. The van der Waals surface area contributed by atoms with Crippen molar-refractivity contribution in [2.45, 2.75) is 30.7 Å². The van der Waals surface area contributed by atoms with Crippen LogP contribution in [0.5, 0.6) is 0 Å². The molecule has 1 aliphatic carbocycles. The lowest BCUT2D eigenvalue weighted by Gasteiger charge is -2.12. The van der Waals surface area contributed by atoms with Crippen LogP contribution in [0, 0.1) is 5.92 Å². The Kier molecular flexibility index (Phi) is 7.60. The topological polar surface area (TPSA) is 45.7 Å². The first-order chi connectivity index (χ1) is 10.8. The number of ether oxygens (including phenoxy) is 1. The molecule has 0 bridgehead atoms. The largest absolute Gasteiger partial charge is 0.381 e. The lowest BCUT2D eigenvalue weighted by atomic mass is 10.2. The van der Waals surface area contributed by atoms with Crippen molar-refractivity contribution in [2.24, 2.45) is 10.9 Å². The highest BCUT2D eigenvalue weighted by atomic mass is 32.2. The van der Waals surface area contributed by atoms with Crippen LogP contribution >= 0.6 is 11.8 Å². The van der Waals surface area contributed by atoms with Gasteiger partial charge in [0.1, 0.15) is 0 Å². The Labute approximate surface area is 138 Å². The zero-order valence-corrected chi connectivity index (χ0v) is 14.4. The van der Waals surface area contributed by atoms with Crippen molar-refractivity contribution in [1.29, 1.82) is 0 Å². The molecule has 0 atom stereocenters. The summed E-state index contributed by atoms with van der Waals surface area (Å²) in [6.45, 7) is 3.44. The van der Waals surface area contributed by atoms with Gasteiger partial charge in [-0.1, -0.05) is 12.1 Å². The highest BCUT2D eigenvalue weighted by Crippen LogP contribution is 2.28. The van der Waals surface area contributed by atoms with Gasteiger partial charge in [0.05, 0.1) is 0 Å². The summed E-state index contributed by atoms with van der Waals surface area (Å²) in [5.74, 6) is 1.69. The lowest BCUT2D eigenvalue weighted by Crippen LogP contribution is -2.37. The Balaban J connectivity index is 1.57. The van der Waals surface area contributed by atoms with Crippen molar-refractivity contribution in [2.75, 3.05) is 33.1 Å². The number of guanidine groups is 1. The number of nitrogens with one attached hydrogen (secondary N) is 2. The predicted octanol–water partition coefficient (Wildman–Crippen LogP) is 2.89. The average molecular weight is 321 g/mol. The van der Waals surface area contributed by atoms with E-state index in [2.05, 4.69) is 46.1 Å². The van der Waals surface area contributed by atoms with Crippen molar-refractivity contribution >= 4 is 17.7 Å². The van der Waals surface area contributed by atoms with Gasteiger partial charge in [-0.2, -0.15) is 0 Å². The van der Waals surface area contributed by atoms with Gasteiger partial charge in [0.25, 0.3) is 0 Å². The van der Waals surface area contributed by atoms with Gasteiger partial charge in [0.2, 0.25) is 0 Å². The molecule has 1 aromatic rings. The molecule has 1 saturated carbocycles. The Morgan fingerprint density at radius 1 is 1.27 bits per heavy atom. The van der Waals surface area contributed by atoms with Gasteiger partial charge in [-0.3, -0.25) is 4.99 Å². The summed E-state index contributed by atoms with van der Waals surface area (Å²) in [4.78, 5) is 5.53. The number of thioether (sulfide) groups is 1. The van der Waals surface area contributed by atoms with Crippen LogP contribution in [0.3, 0.4) is 0 Å². The van der Waals surface area contributed by atoms with Gasteiger partial charge >= 0.3 is 0 Å². The Hall–Kier alpha value is -1.20.